The van der Waals surface area contributed by atoms with Gasteiger partial charge in [-0.1, -0.05) is 50.2 Å². The number of aryl methyl sites for hydroxylation is 2. The fraction of sp³-hybridized carbons (Fsp3) is 0.591. The number of carbonyl (C=O) groups excluding carboxylic acids is 1. The number of para-hydroxylation sites is 1. The summed E-state index contributed by atoms with van der Waals surface area (Å²) in [6, 6.07) is 6.25. The van der Waals surface area contributed by atoms with Crippen LogP contribution in [0.5, 0.6) is 0 Å². The van der Waals surface area contributed by atoms with Gasteiger partial charge in [0, 0.05) is 12.2 Å². The van der Waals surface area contributed by atoms with Gasteiger partial charge in [0.2, 0.25) is 5.91 Å². The Kier molecular flexibility index (Phi) is 8.71. The average Bonchev–Trinajstić information content (AvgIpc) is 3.05. The molecule has 1 amide bonds. The fourth-order valence-corrected chi connectivity index (χ4v) is 4.27. The van der Waals surface area contributed by atoms with E-state index in [2.05, 4.69) is 52.9 Å². The van der Waals surface area contributed by atoms with Gasteiger partial charge in [-0.25, -0.2) is 0 Å². The molecule has 1 aromatic carbocycles. The molecule has 1 heterocycles. The highest BCUT2D eigenvalue weighted by Gasteiger charge is 2.25. The first-order valence-electron chi connectivity index (χ1n) is 10.4. The molecule has 0 bridgehead atoms. The van der Waals surface area contributed by atoms with E-state index in [9.17, 15) is 4.79 Å². The molecular weight excluding hydrogens is 382 g/mol. The number of carbonyl (C=O) groups is 1. The topological polar surface area (TPSA) is 63.1 Å². The van der Waals surface area contributed by atoms with Crippen molar-refractivity contribution >= 4 is 23.4 Å². The summed E-state index contributed by atoms with van der Waals surface area (Å²) in [5.41, 5.74) is 3.04. The second-order valence-corrected chi connectivity index (χ2v) is 9.06. The van der Waals surface area contributed by atoms with Crippen molar-refractivity contribution in [3.8, 4) is 0 Å². The molecule has 29 heavy (non-hydrogen) atoms. The van der Waals surface area contributed by atoms with Crippen LogP contribution in [0.15, 0.2) is 23.4 Å². The zero-order valence-corrected chi connectivity index (χ0v) is 19.6. The van der Waals surface area contributed by atoms with Crippen LogP contribution in [0.4, 0.5) is 5.69 Å². The lowest BCUT2D eigenvalue weighted by Gasteiger charge is -2.23. The summed E-state index contributed by atoms with van der Waals surface area (Å²) in [7, 11) is 4.14. The number of nitrogens with one attached hydrogen (secondary N) is 1. The SMILES string of the molecule is CCCCn1c(SC(C)C(=O)Nc2c(C)cccc2C)nnc1C(CC)N(C)C. The zero-order valence-electron chi connectivity index (χ0n) is 18.8. The Morgan fingerprint density at radius 3 is 2.41 bits per heavy atom. The van der Waals surface area contributed by atoms with Gasteiger partial charge in [-0.2, -0.15) is 0 Å². The Morgan fingerprint density at radius 2 is 1.86 bits per heavy atom. The lowest BCUT2D eigenvalue weighted by Crippen LogP contribution is -2.25. The first-order chi connectivity index (χ1) is 13.8. The minimum absolute atomic E-state index is 0.0151. The number of thioether (sulfide) groups is 1. The lowest BCUT2D eigenvalue weighted by molar-refractivity contribution is -0.115. The number of rotatable bonds is 10. The second-order valence-electron chi connectivity index (χ2n) is 7.75. The van der Waals surface area contributed by atoms with E-state index in [0.29, 0.717) is 0 Å². The predicted molar refractivity (Wildman–Crippen MR) is 122 cm³/mol. The number of aromatic nitrogens is 3. The lowest BCUT2D eigenvalue weighted by atomic mass is 10.1. The molecule has 1 N–H and O–H groups in total. The van der Waals surface area contributed by atoms with Crippen LogP contribution < -0.4 is 5.32 Å². The van der Waals surface area contributed by atoms with Gasteiger partial charge in [0.25, 0.3) is 0 Å². The van der Waals surface area contributed by atoms with Gasteiger partial charge in [0.15, 0.2) is 11.0 Å². The highest BCUT2D eigenvalue weighted by molar-refractivity contribution is 8.00. The summed E-state index contributed by atoms with van der Waals surface area (Å²) in [6.07, 6.45) is 3.12. The summed E-state index contributed by atoms with van der Waals surface area (Å²) in [5.74, 6) is 0.967. The van der Waals surface area contributed by atoms with Gasteiger partial charge < -0.3 is 9.88 Å². The smallest absolute Gasteiger partial charge is 0.237 e. The highest BCUT2D eigenvalue weighted by Crippen LogP contribution is 2.29. The summed E-state index contributed by atoms with van der Waals surface area (Å²) < 4.78 is 2.20. The van der Waals surface area contributed by atoms with Crippen molar-refractivity contribution in [1.82, 2.24) is 19.7 Å². The number of hydrogen-bond acceptors (Lipinski definition) is 5. The number of nitrogens with zero attached hydrogens (tertiary/aromatic N) is 4. The predicted octanol–water partition coefficient (Wildman–Crippen LogP) is 4.83. The van der Waals surface area contributed by atoms with Crippen LogP contribution in [-0.4, -0.2) is 44.9 Å². The first kappa shape index (κ1) is 23.4. The first-order valence-corrected chi connectivity index (χ1v) is 11.3. The molecule has 2 aromatic rings. The number of anilines is 1. The molecule has 0 fully saturated rings. The van der Waals surface area contributed by atoms with Crippen molar-refractivity contribution in [3.63, 3.8) is 0 Å². The van der Waals surface area contributed by atoms with Crippen LogP contribution in [0.25, 0.3) is 0 Å². The van der Waals surface area contributed by atoms with E-state index in [1.54, 1.807) is 0 Å². The number of amides is 1. The zero-order chi connectivity index (χ0) is 21.6. The third-order valence-corrected chi connectivity index (χ3v) is 6.25. The van der Waals surface area contributed by atoms with E-state index in [1.807, 2.05) is 39.0 Å². The Labute approximate surface area is 179 Å². The molecule has 0 aliphatic rings. The normalized spacial score (nSPS) is 13.5. The van der Waals surface area contributed by atoms with Crippen LogP contribution in [0.1, 0.15) is 63.0 Å². The third kappa shape index (κ3) is 5.82. The maximum absolute atomic E-state index is 12.9. The number of unbranched alkanes of at least 4 members (excludes halogenated alkanes) is 1. The molecule has 0 radical (unpaired) electrons. The molecule has 0 aliphatic carbocycles. The fourth-order valence-electron chi connectivity index (χ4n) is 3.39. The van der Waals surface area contributed by atoms with E-state index in [4.69, 9.17) is 0 Å². The largest absolute Gasteiger partial charge is 0.325 e. The molecule has 2 rings (SSSR count). The van der Waals surface area contributed by atoms with E-state index in [0.717, 1.165) is 53.6 Å². The van der Waals surface area contributed by atoms with Crippen molar-refractivity contribution in [2.75, 3.05) is 19.4 Å². The molecule has 7 heteroatoms. The van der Waals surface area contributed by atoms with Gasteiger partial charge in [-0.05, 0) is 58.8 Å². The molecule has 1 aromatic heterocycles. The molecule has 2 unspecified atom stereocenters. The second kappa shape index (κ2) is 10.8. The van der Waals surface area contributed by atoms with Crippen LogP contribution >= 0.6 is 11.8 Å². The highest BCUT2D eigenvalue weighted by atomic mass is 32.2. The van der Waals surface area contributed by atoms with Crippen molar-refractivity contribution in [3.05, 3.63) is 35.2 Å². The Balaban J connectivity index is 2.21. The van der Waals surface area contributed by atoms with Crippen molar-refractivity contribution < 1.29 is 4.79 Å². The van der Waals surface area contributed by atoms with Crippen LogP contribution in [0, 0.1) is 13.8 Å². The van der Waals surface area contributed by atoms with Crippen LogP contribution in [0.2, 0.25) is 0 Å². The molecule has 160 valence electrons. The molecule has 2 atom stereocenters. The van der Waals surface area contributed by atoms with Crippen molar-refractivity contribution in [2.24, 2.45) is 0 Å². The average molecular weight is 418 g/mol. The molecular formula is C22H35N5OS. The quantitative estimate of drug-likeness (QED) is 0.561. The van der Waals surface area contributed by atoms with Gasteiger partial charge in [-0.15, -0.1) is 10.2 Å². The van der Waals surface area contributed by atoms with E-state index >= 15 is 0 Å². The van der Waals surface area contributed by atoms with Gasteiger partial charge in [-0.3, -0.25) is 9.69 Å². The Morgan fingerprint density at radius 1 is 1.21 bits per heavy atom. The monoisotopic (exact) mass is 417 g/mol. The van der Waals surface area contributed by atoms with Crippen molar-refractivity contribution in [1.29, 1.82) is 0 Å². The molecule has 0 spiro atoms. The Bertz CT molecular complexity index is 797. The summed E-state index contributed by atoms with van der Waals surface area (Å²) in [6.45, 7) is 11.2. The van der Waals surface area contributed by atoms with Gasteiger partial charge in [0.05, 0.1) is 11.3 Å². The standard InChI is InChI=1S/C22H35N5OS/c1-8-10-14-27-20(18(9-2)26(6)7)24-25-22(27)29-17(5)21(28)23-19-15(3)12-11-13-16(19)4/h11-13,17-18H,8-10,14H2,1-7H3,(H,23,28). The minimum Gasteiger partial charge on any atom is -0.325 e. The van der Waals surface area contributed by atoms with Crippen LogP contribution in [-0.2, 0) is 11.3 Å². The summed E-state index contributed by atoms with van der Waals surface area (Å²) in [5, 5.41) is 12.6. The molecule has 0 saturated heterocycles. The van der Waals surface area contributed by atoms with E-state index in [1.165, 1.54) is 11.8 Å². The number of benzene rings is 1. The maximum atomic E-state index is 12.9. The molecule has 0 aliphatic heterocycles. The van der Waals surface area contributed by atoms with E-state index < -0.39 is 0 Å². The summed E-state index contributed by atoms with van der Waals surface area (Å²) in [4.78, 5) is 15.0. The van der Waals surface area contributed by atoms with Crippen LogP contribution in [0.3, 0.4) is 0 Å². The molecule has 0 saturated carbocycles. The van der Waals surface area contributed by atoms with Crippen molar-refractivity contribution in [2.45, 2.75) is 76.9 Å². The number of hydrogen-bond donors (Lipinski definition) is 1. The molecule has 6 nitrogen and oxygen atoms in total. The Hall–Kier alpha value is -1.86. The summed E-state index contributed by atoms with van der Waals surface area (Å²) >= 11 is 1.48. The third-order valence-electron chi connectivity index (χ3n) is 5.17. The van der Waals surface area contributed by atoms with Gasteiger partial charge in [0.1, 0.15) is 0 Å². The maximum Gasteiger partial charge on any atom is 0.237 e. The van der Waals surface area contributed by atoms with E-state index in [-0.39, 0.29) is 17.2 Å². The van der Waals surface area contributed by atoms with Gasteiger partial charge >= 0.3 is 0 Å². The minimum atomic E-state index is -0.272.